The van der Waals surface area contributed by atoms with Crippen molar-refractivity contribution in [1.29, 1.82) is 0 Å². The van der Waals surface area contributed by atoms with Crippen molar-refractivity contribution < 1.29 is 14.3 Å². The SMILES string of the molecule is COCCCC(N)CN(C)C(=O)OCC[Si](C)(C)C. The molecular weight excluding hydrogens is 260 g/mol. The van der Waals surface area contributed by atoms with Crippen LogP contribution in [0.15, 0.2) is 0 Å². The van der Waals surface area contributed by atoms with Crippen molar-refractivity contribution in [2.24, 2.45) is 5.73 Å². The highest BCUT2D eigenvalue weighted by atomic mass is 28.3. The van der Waals surface area contributed by atoms with Crippen LogP contribution in [0.3, 0.4) is 0 Å². The van der Waals surface area contributed by atoms with Gasteiger partial charge in [0.05, 0.1) is 6.61 Å². The van der Waals surface area contributed by atoms with Crippen LogP contribution in [0.2, 0.25) is 25.7 Å². The van der Waals surface area contributed by atoms with Crippen LogP contribution in [0.4, 0.5) is 4.79 Å². The van der Waals surface area contributed by atoms with Crippen LogP contribution in [-0.2, 0) is 9.47 Å². The third-order valence-corrected chi connectivity index (χ3v) is 4.53. The second kappa shape index (κ2) is 9.33. The maximum absolute atomic E-state index is 11.7. The van der Waals surface area contributed by atoms with Crippen molar-refractivity contribution in [3.8, 4) is 0 Å². The monoisotopic (exact) mass is 290 g/mol. The van der Waals surface area contributed by atoms with Gasteiger partial charge in [0, 0.05) is 41.4 Å². The van der Waals surface area contributed by atoms with E-state index in [2.05, 4.69) is 19.6 Å². The molecule has 0 aliphatic heterocycles. The van der Waals surface area contributed by atoms with Gasteiger partial charge in [0.2, 0.25) is 0 Å². The molecule has 0 heterocycles. The van der Waals surface area contributed by atoms with Crippen LogP contribution in [0.25, 0.3) is 0 Å². The molecule has 114 valence electrons. The third-order valence-electron chi connectivity index (χ3n) is 2.82. The number of nitrogens with zero attached hydrogens (tertiary/aromatic N) is 1. The normalized spacial score (nSPS) is 13.2. The van der Waals surface area contributed by atoms with E-state index >= 15 is 0 Å². The molecule has 0 fully saturated rings. The van der Waals surface area contributed by atoms with Gasteiger partial charge in [-0.3, -0.25) is 0 Å². The first-order valence-corrected chi connectivity index (χ1v) is 10.6. The molecule has 0 aliphatic carbocycles. The maximum atomic E-state index is 11.7. The minimum atomic E-state index is -1.15. The van der Waals surface area contributed by atoms with E-state index in [1.807, 2.05) is 0 Å². The van der Waals surface area contributed by atoms with E-state index in [0.717, 1.165) is 18.9 Å². The van der Waals surface area contributed by atoms with Gasteiger partial charge < -0.3 is 20.1 Å². The van der Waals surface area contributed by atoms with E-state index in [-0.39, 0.29) is 12.1 Å². The Labute approximate surface area is 118 Å². The lowest BCUT2D eigenvalue weighted by atomic mass is 10.1. The van der Waals surface area contributed by atoms with E-state index in [1.54, 1.807) is 19.1 Å². The number of methoxy groups -OCH3 is 1. The van der Waals surface area contributed by atoms with Crippen molar-refractivity contribution in [2.45, 2.75) is 44.6 Å². The van der Waals surface area contributed by atoms with Gasteiger partial charge in [-0.2, -0.15) is 0 Å². The minimum absolute atomic E-state index is 0.0234. The number of amides is 1. The summed E-state index contributed by atoms with van der Waals surface area (Å²) in [5, 5.41) is 0. The molecule has 0 saturated carbocycles. The summed E-state index contributed by atoms with van der Waals surface area (Å²) in [6.45, 7) is 8.52. The Kier molecular flexibility index (Phi) is 9.04. The molecule has 0 aromatic carbocycles. The molecule has 1 unspecified atom stereocenters. The largest absolute Gasteiger partial charge is 0.450 e. The van der Waals surface area contributed by atoms with Crippen LogP contribution < -0.4 is 5.73 Å². The third kappa shape index (κ3) is 11.0. The predicted octanol–water partition coefficient (Wildman–Crippen LogP) is 2.15. The van der Waals surface area contributed by atoms with Gasteiger partial charge in [-0.1, -0.05) is 19.6 Å². The van der Waals surface area contributed by atoms with Crippen molar-refractivity contribution in [2.75, 3.05) is 33.9 Å². The molecular formula is C13H30N2O3Si. The van der Waals surface area contributed by atoms with E-state index < -0.39 is 8.07 Å². The summed E-state index contributed by atoms with van der Waals surface area (Å²) in [4.78, 5) is 13.3. The maximum Gasteiger partial charge on any atom is 0.409 e. The number of carbonyl (C=O) groups excluding carboxylic acids is 1. The molecule has 19 heavy (non-hydrogen) atoms. The Bertz CT molecular complexity index is 257. The first-order valence-electron chi connectivity index (χ1n) is 6.88. The Morgan fingerprint density at radius 1 is 1.32 bits per heavy atom. The number of carbonyl (C=O) groups is 1. The fourth-order valence-corrected chi connectivity index (χ4v) is 2.28. The number of hydrogen-bond donors (Lipinski definition) is 1. The second-order valence-electron chi connectivity index (χ2n) is 6.20. The van der Waals surface area contributed by atoms with Crippen LogP contribution in [0.1, 0.15) is 12.8 Å². The lowest BCUT2D eigenvalue weighted by molar-refractivity contribution is 0.113. The fourth-order valence-electron chi connectivity index (χ4n) is 1.56. The van der Waals surface area contributed by atoms with Gasteiger partial charge in [0.1, 0.15) is 0 Å². The number of likely N-dealkylation sites (N-methyl/N-ethyl adjacent to an activating group) is 1. The molecule has 0 bridgehead atoms. The summed E-state index contributed by atoms with van der Waals surface area (Å²) in [5.41, 5.74) is 5.95. The molecule has 0 rings (SSSR count). The molecule has 2 N–H and O–H groups in total. The highest BCUT2D eigenvalue weighted by Crippen LogP contribution is 2.08. The summed E-state index contributed by atoms with van der Waals surface area (Å²) in [5.74, 6) is 0. The fraction of sp³-hybridized carbons (Fsp3) is 0.923. The molecule has 0 spiro atoms. The quantitative estimate of drug-likeness (QED) is 0.522. The second-order valence-corrected chi connectivity index (χ2v) is 11.8. The average Bonchev–Trinajstić information content (AvgIpc) is 2.27. The van der Waals surface area contributed by atoms with Gasteiger partial charge in [-0.05, 0) is 18.9 Å². The highest BCUT2D eigenvalue weighted by molar-refractivity contribution is 6.76. The van der Waals surface area contributed by atoms with Gasteiger partial charge >= 0.3 is 6.09 Å². The summed E-state index contributed by atoms with van der Waals surface area (Å²) in [6, 6.07) is 0.969. The average molecular weight is 290 g/mol. The zero-order valence-electron chi connectivity index (χ0n) is 13.1. The highest BCUT2D eigenvalue weighted by Gasteiger charge is 2.17. The molecule has 5 nitrogen and oxygen atoms in total. The molecule has 0 saturated heterocycles. The molecule has 1 amide bonds. The van der Waals surface area contributed by atoms with Crippen LogP contribution >= 0.6 is 0 Å². The zero-order chi connectivity index (χ0) is 14.9. The van der Waals surface area contributed by atoms with E-state index in [1.165, 1.54) is 0 Å². The summed E-state index contributed by atoms with van der Waals surface area (Å²) < 4.78 is 10.2. The van der Waals surface area contributed by atoms with Crippen LogP contribution in [-0.4, -0.2) is 59.0 Å². The van der Waals surface area contributed by atoms with Gasteiger partial charge in [-0.15, -0.1) is 0 Å². The Morgan fingerprint density at radius 2 is 1.95 bits per heavy atom. The smallest absolute Gasteiger partial charge is 0.409 e. The summed E-state index contributed by atoms with van der Waals surface area (Å²) in [6.07, 6.45) is 1.48. The molecule has 0 aromatic rings. The van der Waals surface area contributed by atoms with Crippen molar-refractivity contribution in [3.05, 3.63) is 0 Å². The minimum Gasteiger partial charge on any atom is -0.450 e. The topological polar surface area (TPSA) is 64.8 Å². The Balaban J connectivity index is 3.80. The molecule has 0 aromatic heterocycles. The van der Waals surface area contributed by atoms with E-state index in [9.17, 15) is 4.79 Å². The Morgan fingerprint density at radius 3 is 2.47 bits per heavy atom. The number of rotatable bonds is 9. The van der Waals surface area contributed by atoms with E-state index in [4.69, 9.17) is 15.2 Å². The summed E-state index contributed by atoms with van der Waals surface area (Å²) >= 11 is 0. The predicted molar refractivity (Wildman–Crippen MR) is 81.2 cm³/mol. The first-order chi connectivity index (χ1) is 8.76. The molecule has 0 radical (unpaired) electrons. The standard InChI is InChI=1S/C13H30N2O3Si/c1-15(11-12(14)7-6-8-17-2)13(16)18-9-10-19(3,4)5/h12H,6-11,14H2,1-5H3. The van der Waals surface area contributed by atoms with Crippen molar-refractivity contribution >= 4 is 14.2 Å². The molecule has 6 heteroatoms. The first kappa shape index (κ1) is 18.4. The lowest BCUT2D eigenvalue weighted by Crippen LogP contribution is -2.39. The number of nitrogens with two attached hydrogens (primary N) is 1. The lowest BCUT2D eigenvalue weighted by Gasteiger charge is -2.22. The Hall–Kier alpha value is -0.593. The van der Waals surface area contributed by atoms with Crippen molar-refractivity contribution in [1.82, 2.24) is 4.90 Å². The summed E-state index contributed by atoms with van der Waals surface area (Å²) in [7, 11) is 2.26. The van der Waals surface area contributed by atoms with Gasteiger partial charge in [0.25, 0.3) is 0 Å². The zero-order valence-corrected chi connectivity index (χ0v) is 14.1. The number of ether oxygens (including phenoxy) is 2. The van der Waals surface area contributed by atoms with Crippen LogP contribution in [0, 0.1) is 0 Å². The number of hydrogen-bond acceptors (Lipinski definition) is 4. The van der Waals surface area contributed by atoms with Crippen molar-refractivity contribution in [3.63, 3.8) is 0 Å². The van der Waals surface area contributed by atoms with E-state index in [0.29, 0.717) is 19.8 Å². The molecule has 1 atom stereocenters. The van der Waals surface area contributed by atoms with Gasteiger partial charge in [-0.25, -0.2) is 4.79 Å². The van der Waals surface area contributed by atoms with Gasteiger partial charge in [0.15, 0.2) is 0 Å². The van der Waals surface area contributed by atoms with Crippen LogP contribution in [0.5, 0.6) is 0 Å². The molecule has 0 aliphatic rings.